The van der Waals surface area contributed by atoms with Crippen molar-refractivity contribution in [2.75, 3.05) is 0 Å². The van der Waals surface area contributed by atoms with Crippen LogP contribution < -0.4 is 0 Å². The standard InChI is InChI=1S/C14H16N2O2/c1-11(15-17)3-5-13-7-9-14(10-8-13)6-4-12(2)16-18/h3-10,17-18H,1-2H3. The van der Waals surface area contributed by atoms with E-state index in [1.54, 1.807) is 26.0 Å². The van der Waals surface area contributed by atoms with Gasteiger partial charge < -0.3 is 10.4 Å². The van der Waals surface area contributed by atoms with Crippen LogP contribution in [0, 0.1) is 0 Å². The van der Waals surface area contributed by atoms with Gasteiger partial charge in [-0.1, -0.05) is 46.7 Å². The lowest BCUT2D eigenvalue weighted by Crippen LogP contribution is -1.84. The van der Waals surface area contributed by atoms with Gasteiger partial charge in [0.15, 0.2) is 0 Å². The number of allylic oxidation sites excluding steroid dienone is 2. The molecule has 0 amide bonds. The van der Waals surface area contributed by atoms with Crippen molar-refractivity contribution in [2.45, 2.75) is 13.8 Å². The summed E-state index contributed by atoms with van der Waals surface area (Å²) >= 11 is 0. The minimum atomic E-state index is 0.550. The Morgan fingerprint density at radius 2 is 1.17 bits per heavy atom. The van der Waals surface area contributed by atoms with Crippen molar-refractivity contribution in [3.05, 3.63) is 47.5 Å². The van der Waals surface area contributed by atoms with Crippen LogP contribution in [0.25, 0.3) is 12.2 Å². The topological polar surface area (TPSA) is 65.2 Å². The molecule has 4 nitrogen and oxygen atoms in total. The molecule has 0 aromatic heterocycles. The van der Waals surface area contributed by atoms with Gasteiger partial charge in [-0.15, -0.1) is 0 Å². The molecular formula is C14H16N2O2. The number of oxime groups is 2. The lowest BCUT2D eigenvalue weighted by Gasteiger charge is -1.96. The van der Waals surface area contributed by atoms with Gasteiger partial charge in [-0.25, -0.2) is 0 Å². The molecule has 0 aliphatic rings. The largest absolute Gasteiger partial charge is 0.411 e. The molecule has 0 saturated carbocycles. The van der Waals surface area contributed by atoms with E-state index in [1.165, 1.54) is 0 Å². The van der Waals surface area contributed by atoms with Crippen LogP contribution in [0.15, 0.2) is 46.7 Å². The summed E-state index contributed by atoms with van der Waals surface area (Å²) in [5.74, 6) is 0. The Balaban J connectivity index is 2.75. The van der Waals surface area contributed by atoms with Crippen LogP contribution in [0.4, 0.5) is 0 Å². The molecule has 4 heteroatoms. The molecular weight excluding hydrogens is 228 g/mol. The number of nitrogens with zero attached hydrogens (tertiary/aromatic N) is 2. The van der Waals surface area contributed by atoms with Gasteiger partial charge in [0.25, 0.3) is 0 Å². The number of rotatable bonds is 4. The first-order valence-electron chi connectivity index (χ1n) is 5.49. The Hall–Kier alpha value is -2.36. The van der Waals surface area contributed by atoms with Gasteiger partial charge in [-0.05, 0) is 37.1 Å². The molecule has 1 rings (SSSR count). The van der Waals surface area contributed by atoms with E-state index in [-0.39, 0.29) is 0 Å². The predicted molar refractivity (Wildman–Crippen MR) is 74.3 cm³/mol. The van der Waals surface area contributed by atoms with Crippen molar-refractivity contribution in [1.82, 2.24) is 0 Å². The van der Waals surface area contributed by atoms with Crippen LogP contribution in [0.3, 0.4) is 0 Å². The fraction of sp³-hybridized carbons (Fsp3) is 0.143. The maximum atomic E-state index is 8.50. The molecule has 1 aromatic rings. The fourth-order valence-corrected chi connectivity index (χ4v) is 1.22. The molecule has 0 radical (unpaired) electrons. The number of hydrogen-bond donors (Lipinski definition) is 2. The molecule has 0 atom stereocenters. The molecule has 0 fully saturated rings. The second-order valence-electron chi connectivity index (χ2n) is 3.82. The predicted octanol–water partition coefficient (Wildman–Crippen LogP) is 3.41. The smallest absolute Gasteiger partial charge is 0.0765 e. The lowest BCUT2D eigenvalue weighted by atomic mass is 10.1. The Labute approximate surface area is 106 Å². The zero-order chi connectivity index (χ0) is 13.4. The molecule has 18 heavy (non-hydrogen) atoms. The van der Waals surface area contributed by atoms with Crippen molar-refractivity contribution in [2.24, 2.45) is 10.3 Å². The maximum absolute atomic E-state index is 8.50. The summed E-state index contributed by atoms with van der Waals surface area (Å²) in [6.45, 7) is 3.43. The second-order valence-corrected chi connectivity index (χ2v) is 3.82. The van der Waals surface area contributed by atoms with E-state index in [9.17, 15) is 0 Å². The van der Waals surface area contributed by atoms with Gasteiger partial charge in [0.2, 0.25) is 0 Å². The molecule has 0 heterocycles. The Morgan fingerprint density at radius 3 is 1.44 bits per heavy atom. The third-order valence-corrected chi connectivity index (χ3v) is 2.29. The first-order valence-corrected chi connectivity index (χ1v) is 5.49. The fourth-order valence-electron chi connectivity index (χ4n) is 1.22. The summed E-state index contributed by atoms with van der Waals surface area (Å²) in [5.41, 5.74) is 3.13. The van der Waals surface area contributed by atoms with Crippen molar-refractivity contribution >= 4 is 23.6 Å². The molecule has 0 saturated heterocycles. The monoisotopic (exact) mass is 244 g/mol. The SMILES string of the molecule is CC(C=Cc1ccc(C=CC(C)=NO)cc1)=NO. The molecule has 0 aliphatic carbocycles. The van der Waals surface area contributed by atoms with E-state index < -0.39 is 0 Å². The van der Waals surface area contributed by atoms with Crippen LogP contribution in [0.2, 0.25) is 0 Å². The van der Waals surface area contributed by atoms with Crippen molar-refractivity contribution < 1.29 is 10.4 Å². The first kappa shape index (κ1) is 13.7. The summed E-state index contributed by atoms with van der Waals surface area (Å²) in [5, 5.41) is 23.1. The molecule has 2 N–H and O–H groups in total. The van der Waals surface area contributed by atoms with E-state index in [0.29, 0.717) is 11.4 Å². The van der Waals surface area contributed by atoms with Crippen LogP contribution in [-0.4, -0.2) is 21.8 Å². The molecule has 94 valence electrons. The maximum Gasteiger partial charge on any atom is 0.0765 e. The zero-order valence-electron chi connectivity index (χ0n) is 10.4. The van der Waals surface area contributed by atoms with Crippen LogP contribution in [0.5, 0.6) is 0 Å². The third kappa shape index (κ3) is 4.65. The van der Waals surface area contributed by atoms with Gasteiger partial charge in [-0.2, -0.15) is 0 Å². The van der Waals surface area contributed by atoms with Gasteiger partial charge in [0, 0.05) is 0 Å². The minimum absolute atomic E-state index is 0.550. The average Bonchev–Trinajstić information content (AvgIpc) is 2.43. The highest BCUT2D eigenvalue weighted by Crippen LogP contribution is 2.08. The zero-order valence-corrected chi connectivity index (χ0v) is 10.4. The number of benzene rings is 1. The van der Waals surface area contributed by atoms with Crippen LogP contribution >= 0.6 is 0 Å². The van der Waals surface area contributed by atoms with E-state index in [0.717, 1.165) is 11.1 Å². The average molecular weight is 244 g/mol. The van der Waals surface area contributed by atoms with E-state index in [4.69, 9.17) is 10.4 Å². The lowest BCUT2D eigenvalue weighted by molar-refractivity contribution is 0.319. The van der Waals surface area contributed by atoms with E-state index in [2.05, 4.69) is 10.3 Å². The normalized spacial score (nSPS) is 13.7. The molecule has 0 unspecified atom stereocenters. The molecule has 0 bridgehead atoms. The Bertz CT molecular complexity index is 450. The van der Waals surface area contributed by atoms with Crippen LogP contribution in [0.1, 0.15) is 25.0 Å². The third-order valence-electron chi connectivity index (χ3n) is 2.29. The minimum Gasteiger partial charge on any atom is -0.411 e. The van der Waals surface area contributed by atoms with Crippen molar-refractivity contribution in [3.8, 4) is 0 Å². The van der Waals surface area contributed by atoms with Gasteiger partial charge >= 0.3 is 0 Å². The molecule has 0 aliphatic heterocycles. The summed E-state index contributed by atoms with van der Waals surface area (Å²) in [4.78, 5) is 0. The highest BCUT2D eigenvalue weighted by Gasteiger charge is 1.90. The highest BCUT2D eigenvalue weighted by molar-refractivity contribution is 5.96. The first-order chi connectivity index (χ1) is 8.65. The summed E-state index contributed by atoms with van der Waals surface area (Å²) in [7, 11) is 0. The quantitative estimate of drug-likeness (QED) is 0.484. The molecule has 1 aromatic carbocycles. The summed E-state index contributed by atoms with van der Waals surface area (Å²) < 4.78 is 0. The Kier molecular flexibility index (Phi) is 5.38. The van der Waals surface area contributed by atoms with Crippen molar-refractivity contribution in [1.29, 1.82) is 0 Å². The summed E-state index contributed by atoms with van der Waals surface area (Å²) in [6.07, 6.45) is 7.19. The van der Waals surface area contributed by atoms with E-state index >= 15 is 0 Å². The second kappa shape index (κ2) is 7.06. The van der Waals surface area contributed by atoms with E-state index in [1.807, 2.05) is 36.4 Å². The number of hydrogen-bond acceptors (Lipinski definition) is 4. The van der Waals surface area contributed by atoms with Crippen LogP contribution in [-0.2, 0) is 0 Å². The van der Waals surface area contributed by atoms with Crippen molar-refractivity contribution in [3.63, 3.8) is 0 Å². The van der Waals surface area contributed by atoms with Gasteiger partial charge in [0.1, 0.15) is 0 Å². The Morgan fingerprint density at radius 1 is 0.833 bits per heavy atom. The highest BCUT2D eigenvalue weighted by atomic mass is 16.4. The molecule has 0 spiro atoms. The van der Waals surface area contributed by atoms with Gasteiger partial charge in [0.05, 0.1) is 11.4 Å². The van der Waals surface area contributed by atoms with Gasteiger partial charge in [-0.3, -0.25) is 0 Å². The summed E-state index contributed by atoms with van der Waals surface area (Å²) in [6, 6.07) is 7.80.